The predicted molar refractivity (Wildman–Crippen MR) is 189 cm³/mol. The molecule has 9 nitrogen and oxygen atoms in total. The maximum atomic E-state index is 13.4. The van der Waals surface area contributed by atoms with Crippen molar-refractivity contribution in [3.05, 3.63) is 160 Å². The molecule has 0 heterocycles. The number of rotatable bonds is 10. The highest BCUT2D eigenvalue weighted by atomic mass is 32.2. The van der Waals surface area contributed by atoms with Crippen LogP contribution in [0, 0.1) is 0 Å². The molecular formula is C39H29N3O6S. The molecule has 0 aliphatic heterocycles. The Morgan fingerprint density at radius 2 is 1.35 bits per heavy atom. The highest BCUT2D eigenvalue weighted by Gasteiger charge is 2.31. The first kappa shape index (κ1) is 32.7. The van der Waals surface area contributed by atoms with Crippen LogP contribution in [0.2, 0.25) is 0 Å². The van der Waals surface area contributed by atoms with E-state index in [1.807, 2.05) is 0 Å². The van der Waals surface area contributed by atoms with Crippen molar-refractivity contribution in [1.82, 2.24) is 5.32 Å². The van der Waals surface area contributed by atoms with Crippen molar-refractivity contribution in [3.63, 3.8) is 0 Å². The summed E-state index contributed by atoms with van der Waals surface area (Å²) in [5.74, 6) is -1.35. The van der Waals surface area contributed by atoms with Gasteiger partial charge in [0, 0.05) is 38.4 Å². The third-order valence-corrected chi connectivity index (χ3v) is 8.69. The molecule has 0 aromatic heterocycles. The van der Waals surface area contributed by atoms with Crippen molar-refractivity contribution in [2.24, 2.45) is 0 Å². The Hall–Kier alpha value is -6.26. The number of carbonyl (C=O) groups excluding carboxylic acids is 5. The van der Waals surface area contributed by atoms with Gasteiger partial charge in [0.1, 0.15) is 11.4 Å². The van der Waals surface area contributed by atoms with Gasteiger partial charge in [0.25, 0.3) is 11.8 Å². The highest BCUT2D eigenvalue weighted by Crippen LogP contribution is 2.32. The summed E-state index contributed by atoms with van der Waals surface area (Å²) in [6.07, 6.45) is 1.55. The molecule has 0 saturated heterocycles. The van der Waals surface area contributed by atoms with Crippen molar-refractivity contribution >= 4 is 58.5 Å². The van der Waals surface area contributed by atoms with Crippen LogP contribution in [0.15, 0.2) is 132 Å². The van der Waals surface area contributed by atoms with Crippen LogP contribution < -0.4 is 20.7 Å². The minimum absolute atomic E-state index is 0.0141. The number of methoxy groups -OCH3 is 1. The summed E-state index contributed by atoms with van der Waals surface area (Å²) >= 11 is 1.26. The number of carbonyl (C=O) groups is 5. The summed E-state index contributed by atoms with van der Waals surface area (Å²) in [6.45, 7) is 0. The monoisotopic (exact) mass is 667 g/mol. The number of ether oxygens (including phenoxy) is 1. The standard InChI is InChI=1S/C39H29N3O6S/c1-48-33-17-8-5-12-25(33)22-32(42-38(46)24-10-3-2-4-11-24)39(47)40-26-18-20-27(21-19-26)49-23-34(43)41-31-16-9-15-30-35(31)37(45)29-14-7-6-13-28(29)36(30)44/h2-22H,23H2,1H3,(H,40,47)(H,41,43)(H,42,46)/b32-22-. The van der Waals surface area contributed by atoms with Gasteiger partial charge in [0.15, 0.2) is 11.6 Å². The molecule has 0 saturated carbocycles. The molecule has 10 heteroatoms. The van der Waals surface area contributed by atoms with Gasteiger partial charge in [-0.2, -0.15) is 0 Å². The van der Waals surface area contributed by atoms with E-state index in [0.717, 1.165) is 4.90 Å². The van der Waals surface area contributed by atoms with Gasteiger partial charge in [-0.05, 0) is 54.6 Å². The Bertz CT molecular complexity index is 2130. The number of para-hydroxylation sites is 1. The van der Waals surface area contributed by atoms with E-state index in [1.165, 1.54) is 18.9 Å². The van der Waals surface area contributed by atoms with E-state index in [1.54, 1.807) is 127 Å². The Balaban J connectivity index is 1.11. The zero-order chi connectivity index (χ0) is 34.3. The lowest BCUT2D eigenvalue weighted by Crippen LogP contribution is -2.30. The normalized spacial score (nSPS) is 12.0. The number of ketones is 2. The summed E-state index contributed by atoms with van der Waals surface area (Å²) in [6, 6.07) is 34.1. The van der Waals surface area contributed by atoms with Crippen molar-refractivity contribution in [3.8, 4) is 5.75 Å². The molecule has 5 aromatic carbocycles. The third kappa shape index (κ3) is 7.34. The van der Waals surface area contributed by atoms with E-state index in [0.29, 0.717) is 33.7 Å². The molecule has 3 N–H and O–H groups in total. The molecule has 49 heavy (non-hydrogen) atoms. The fraction of sp³-hybridized carbons (Fsp3) is 0.0513. The van der Waals surface area contributed by atoms with Crippen LogP contribution in [-0.4, -0.2) is 42.2 Å². The van der Waals surface area contributed by atoms with Crippen LogP contribution in [0.5, 0.6) is 5.75 Å². The molecule has 0 fully saturated rings. The second-order valence-corrected chi connectivity index (χ2v) is 11.9. The van der Waals surface area contributed by atoms with Crippen LogP contribution in [-0.2, 0) is 9.59 Å². The van der Waals surface area contributed by atoms with Gasteiger partial charge in [-0.1, -0.05) is 72.8 Å². The van der Waals surface area contributed by atoms with Crippen LogP contribution in [0.1, 0.15) is 47.8 Å². The van der Waals surface area contributed by atoms with Crippen molar-refractivity contribution in [2.75, 3.05) is 23.5 Å². The number of hydrogen-bond acceptors (Lipinski definition) is 7. The maximum absolute atomic E-state index is 13.4. The second-order valence-electron chi connectivity index (χ2n) is 10.9. The predicted octanol–water partition coefficient (Wildman–Crippen LogP) is 6.61. The van der Waals surface area contributed by atoms with Gasteiger partial charge in [-0.3, -0.25) is 24.0 Å². The molecule has 1 aliphatic rings. The molecule has 0 unspecified atom stereocenters. The third-order valence-electron chi connectivity index (χ3n) is 7.68. The Morgan fingerprint density at radius 1 is 0.694 bits per heavy atom. The Kier molecular flexibility index (Phi) is 9.78. The quantitative estimate of drug-likeness (QED) is 0.111. The minimum atomic E-state index is -0.545. The molecule has 0 atom stereocenters. The lowest BCUT2D eigenvalue weighted by atomic mass is 9.83. The van der Waals surface area contributed by atoms with Crippen LogP contribution in [0.3, 0.4) is 0 Å². The number of fused-ring (bicyclic) bond motifs is 2. The minimum Gasteiger partial charge on any atom is -0.496 e. The van der Waals surface area contributed by atoms with Gasteiger partial charge in [0.2, 0.25) is 5.91 Å². The Morgan fingerprint density at radius 3 is 2.08 bits per heavy atom. The van der Waals surface area contributed by atoms with E-state index >= 15 is 0 Å². The average molecular weight is 668 g/mol. The van der Waals surface area contributed by atoms with Crippen molar-refractivity contribution in [2.45, 2.75) is 4.90 Å². The van der Waals surface area contributed by atoms with E-state index < -0.39 is 11.8 Å². The summed E-state index contributed by atoms with van der Waals surface area (Å²) in [7, 11) is 1.52. The van der Waals surface area contributed by atoms with Gasteiger partial charge in [-0.15, -0.1) is 11.8 Å². The largest absolute Gasteiger partial charge is 0.496 e. The Labute approximate surface area is 286 Å². The first-order valence-corrected chi connectivity index (χ1v) is 16.2. The molecule has 0 bridgehead atoms. The lowest BCUT2D eigenvalue weighted by Gasteiger charge is -2.20. The summed E-state index contributed by atoms with van der Waals surface area (Å²) in [4.78, 5) is 66.4. The van der Waals surface area contributed by atoms with E-state index in [-0.39, 0.29) is 45.7 Å². The second kappa shape index (κ2) is 14.7. The van der Waals surface area contributed by atoms with E-state index in [2.05, 4.69) is 16.0 Å². The molecule has 5 aromatic rings. The number of anilines is 2. The van der Waals surface area contributed by atoms with Crippen molar-refractivity contribution in [1.29, 1.82) is 0 Å². The summed E-state index contributed by atoms with van der Waals surface area (Å²) in [5, 5.41) is 8.31. The summed E-state index contributed by atoms with van der Waals surface area (Å²) in [5.41, 5.74) is 2.86. The van der Waals surface area contributed by atoms with Crippen LogP contribution in [0.4, 0.5) is 11.4 Å². The van der Waals surface area contributed by atoms with Gasteiger partial charge in [-0.25, -0.2) is 0 Å². The highest BCUT2D eigenvalue weighted by molar-refractivity contribution is 8.00. The molecular weight excluding hydrogens is 639 g/mol. The summed E-state index contributed by atoms with van der Waals surface area (Å²) < 4.78 is 5.42. The fourth-order valence-corrected chi connectivity index (χ4v) is 6.00. The molecule has 0 radical (unpaired) electrons. The SMILES string of the molecule is COc1ccccc1/C=C(\NC(=O)c1ccccc1)C(=O)Nc1ccc(SCC(=O)Nc2cccc3c2C(=O)c2ccccc2C3=O)cc1. The lowest BCUT2D eigenvalue weighted by molar-refractivity contribution is -0.114. The van der Waals surface area contributed by atoms with Gasteiger partial charge < -0.3 is 20.7 Å². The first-order valence-electron chi connectivity index (χ1n) is 15.2. The zero-order valence-corrected chi connectivity index (χ0v) is 27.0. The molecule has 0 spiro atoms. The fourth-order valence-electron chi connectivity index (χ4n) is 5.30. The maximum Gasteiger partial charge on any atom is 0.272 e. The number of amides is 3. The van der Waals surface area contributed by atoms with Crippen LogP contribution in [0.25, 0.3) is 6.08 Å². The van der Waals surface area contributed by atoms with Crippen LogP contribution >= 0.6 is 11.8 Å². The van der Waals surface area contributed by atoms with E-state index in [4.69, 9.17) is 4.74 Å². The molecule has 6 rings (SSSR count). The molecule has 1 aliphatic carbocycles. The first-order chi connectivity index (χ1) is 23.8. The van der Waals surface area contributed by atoms with Gasteiger partial charge in [0.05, 0.1) is 24.1 Å². The smallest absolute Gasteiger partial charge is 0.272 e. The number of thioether (sulfide) groups is 1. The molecule has 242 valence electrons. The number of hydrogen-bond donors (Lipinski definition) is 3. The zero-order valence-electron chi connectivity index (χ0n) is 26.2. The van der Waals surface area contributed by atoms with Crippen molar-refractivity contribution < 1.29 is 28.7 Å². The number of benzene rings is 5. The average Bonchev–Trinajstić information content (AvgIpc) is 3.13. The van der Waals surface area contributed by atoms with E-state index in [9.17, 15) is 24.0 Å². The van der Waals surface area contributed by atoms with Gasteiger partial charge >= 0.3 is 0 Å². The molecule has 3 amide bonds. The topological polar surface area (TPSA) is 131 Å². The number of nitrogens with one attached hydrogen (secondary N) is 3.